The largest absolute Gasteiger partial charge is 0.360 e. The van der Waals surface area contributed by atoms with E-state index in [1.54, 1.807) is 0 Å². The molecule has 1 aromatic carbocycles. The molecule has 0 amide bonds. The Bertz CT molecular complexity index is 854. The maximum absolute atomic E-state index is 12.7. The highest BCUT2D eigenvalue weighted by Gasteiger charge is 2.25. The summed E-state index contributed by atoms with van der Waals surface area (Å²) in [6, 6.07) is 8.90. The highest BCUT2D eigenvalue weighted by atomic mass is 32.1. The minimum Gasteiger partial charge on any atom is -0.360 e. The van der Waals surface area contributed by atoms with Crippen LogP contribution in [-0.2, 0) is 6.54 Å². The minimum atomic E-state index is -0.0153. The Labute approximate surface area is 167 Å². The summed E-state index contributed by atoms with van der Waals surface area (Å²) in [6.07, 6.45) is 7.08. The molecule has 2 aromatic rings. The van der Waals surface area contributed by atoms with Gasteiger partial charge in [-0.25, -0.2) is 0 Å². The molecule has 0 spiro atoms. The summed E-state index contributed by atoms with van der Waals surface area (Å²) in [5.41, 5.74) is 2.85. The maximum Gasteiger partial charge on any atom is 0.253 e. The Kier molecular flexibility index (Phi) is 6.53. The summed E-state index contributed by atoms with van der Waals surface area (Å²) in [7, 11) is 0. The van der Waals surface area contributed by atoms with Gasteiger partial charge in [-0.1, -0.05) is 37.8 Å². The Morgan fingerprint density at radius 3 is 2.74 bits per heavy atom. The second kappa shape index (κ2) is 8.87. The van der Waals surface area contributed by atoms with Crippen molar-refractivity contribution in [3.05, 3.63) is 45.7 Å². The zero-order valence-corrected chi connectivity index (χ0v) is 17.5. The molecular formula is C22H31N3OS. The number of rotatable bonds is 5. The first-order valence-corrected chi connectivity index (χ1v) is 10.6. The van der Waals surface area contributed by atoms with Crippen LogP contribution in [0.5, 0.6) is 0 Å². The standard InChI is InChI=1S/C22H31N3OS/c1-4-16(3)23-22(27)25(19-8-6-5-7-9-19)14-18-13-17-12-15(2)10-11-20(17)24-21(18)26/h10-13,16,19H,4-9,14H2,1-3H3,(H,23,27)(H,24,26). The molecule has 0 bridgehead atoms. The number of hydrogen-bond donors (Lipinski definition) is 2. The molecule has 1 unspecified atom stereocenters. The highest BCUT2D eigenvalue weighted by Crippen LogP contribution is 2.24. The normalized spacial score (nSPS) is 16.3. The molecule has 0 saturated heterocycles. The van der Waals surface area contributed by atoms with Crippen LogP contribution in [0.4, 0.5) is 0 Å². The van der Waals surface area contributed by atoms with E-state index in [9.17, 15) is 4.79 Å². The third-order valence-electron chi connectivity index (χ3n) is 5.68. The molecule has 1 aromatic heterocycles. The minimum absolute atomic E-state index is 0.0153. The van der Waals surface area contributed by atoms with E-state index in [0.717, 1.165) is 40.8 Å². The van der Waals surface area contributed by atoms with Gasteiger partial charge in [-0.05, 0) is 68.9 Å². The molecule has 0 aliphatic heterocycles. The van der Waals surface area contributed by atoms with Gasteiger partial charge < -0.3 is 15.2 Å². The Balaban J connectivity index is 1.90. The van der Waals surface area contributed by atoms with E-state index in [0.29, 0.717) is 18.6 Å². The van der Waals surface area contributed by atoms with Gasteiger partial charge in [-0.2, -0.15) is 0 Å². The van der Waals surface area contributed by atoms with E-state index < -0.39 is 0 Å². The van der Waals surface area contributed by atoms with Crippen LogP contribution in [0.15, 0.2) is 29.1 Å². The van der Waals surface area contributed by atoms with Crippen LogP contribution in [0.1, 0.15) is 63.5 Å². The molecule has 1 aliphatic carbocycles. The Hall–Kier alpha value is -1.88. The number of aryl methyl sites for hydroxylation is 1. The summed E-state index contributed by atoms with van der Waals surface area (Å²) in [5.74, 6) is 0. The molecule has 27 heavy (non-hydrogen) atoms. The van der Waals surface area contributed by atoms with Crippen molar-refractivity contribution in [2.45, 2.75) is 77.9 Å². The summed E-state index contributed by atoms with van der Waals surface area (Å²) >= 11 is 5.76. The lowest BCUT2D eigenvalue weighted by atomic mass is 9.94. The number of nitrogens with zero attached hydrogens (tertiary/aromatic N) is 1. The molecule has 4 nitrogen and oxygen atoms in total. The zero-order chi connectivity index (χ0) is 19.4. The van der Waals surface area contributed by atoms with E-state index in [4.69, 9.17) is 12.2 Å². The van der Waals surface area contributed by atoms with Gasteiger partial charge in [0.2, 0.25) is 0 Å². The number of pyridine rings is 1. The highest BCUT2D eigenvalue weighted by molar-refractivity contribution is 7.80. The van der Waals surface area contributed by atoms with Gasteiger partial charge >= 0.3 is 0 Å². The van der Waals surface area contributed by atoms with Crippen molar-refractivity contribution in [3.8, 4) is 0 Å². The Morgan fingerprint density at radius 2 is 2.04 bits per heavy atom. The quantitative estimate of drug-likeness (QED) is 0.736. The number of fused-ring (bicyclic) bond motifs is 1. The van der Waals surface area contributed by atoms with E-state index in [2.05, 4.69) is 42.0 Å². The van der Waals surface area contributed by atoms with E-state index in [1.807, 2.05) is 18.2 Å². The van der Waals surface area contributed by atoms with E-state index in [-0.39, 0.29) is 5.56 Å². The smallest absolute Gasteiger partial charge is 0.253 e. The first-order chi connectivity index (χ1) is 13.0. The lowest BCUT2D eigenvalue weighted by molar-refractivity contribution is 0.233. The monoisotopic (exact) mass is 385 g/mol. The van der Waals surface area contributed by atoms with Crippen LogP contribution in [0.2, 0.25) is 0 Å². The molecule has 5 heteroatoms. The topological polar surface area (TPSA) is 48.1 Å². The molecule has 1 saturated carbocycles. The molecular weight excluding hydrogens is 354 g/mol. The molecule has 1 aliphatic rings. The van der Waals surface area contributed by atoms with Gasteiger partial charge in [0.05, 0.1) is 6.54 Å². The third-order valence-corrected chi connectivity index (χ3v) is 6.03. The van der Waals surface area contributed by atoms with E-state index >= 15 is 0 Å². The number of benzene rings is 1. The second-order valence-electron chi connectivity index (χ2n) is 7.89. The van der Waals surface area contributed by atoms with Crippen LogP contribution in [0.25, 0.3) is 10.9 Å². The van der Waals surface area contributed by atoms with Gasteiger partial charge in [0.1, 0.15) is 0 Å². The molecule has 1 heterocycles. The first kappa shape index (κ1) is 19.9. The third kappa shape index (κ3) is 4.89. The number of H-pyrrole nitrogens is 1. The summed E-state index contributed by atoms with van der Waals surface area (Å²) in [5, 5.41) is 5.31. The predicted octanol–water partition coefficient (Wildman–Crippen LogP) is 4.64. The fourth-order valence-electron chi connectivity index (χ4n) is 3.83. The lowest BCUT2D eigenvalue weighted by Gasteiger charge is -2.37. The molecule has 3 rings (SSSR count). The van der Waals surface area contributed by atoms with Gasteiger partial charge in [0, 0.05) is 23.2 Å². The maximum atomic E-state index is 12.7. The van der Waals surface area contributed by atoms with Crippen LogP contribution in [0, 0.1) is 6.92 Å². The summed E-state index contributed by atoms with van der Waals surface area (Å²) in [4.78, 5) is 18.0. The Morgan fingerprint density at radius 1 is 1.30 bits per heavy atom. The van der Waals surface area contributed by atoms with Crippen molar-refractivity contribution in [2.75, 3.05) is 0 Å². The van der Waals surface area contributed by atoms with Crippen molar-refractivity contribution >= 4 is 28.2 Å². The predicted molar refractivity (Wildman–Crippen MR) is 117 cm³/mol. The summed E-state index contributed by atoms with van der Waals surface area (Å²) < 4.78 is 0. The zero-order valence-electron chi connectivity index (χ0n) is 16.7. The van der Waals surface area contributed by atoms with Gasteiger partial charge in [0.25, 0.3) is 5.56 Å². The van der Waals surface area contributed by atoms with Gasteiger partial charge in [-0.15, -0.1) is 0 Å². The fraction of sp³-hybridized carbons (Fsp3) is 0.545. The number of aromatic nitrogens is 1. The average molecular weight is 386 g/mol. The van der Waals surface area contributed by atoms with Gasteiger partial charge in [-0.3, -0.25) is 4.79 Å². The molecule has 0 radical (unpaired) electrons. The second-order valence-corrected chi connectivity index (χ2v) is 8.28. The van der Waals surface area contributed by atoms with Crippen LogP contribution >= 0.6 is 12.2 Å². The van der Waals surface area contributed by atoms with Crippen LogP contribution in [0.3, 0.4) is 0 Å². The molecule has 2 N–H and O–H groups in total. The van der Waals surface area contributed by atoms with Crippen molar-refractivity contribution in [3.63, 3.8) is 0 Å². The first-order valence-electron chi connectivity index (χ1n) is 10.2. The molecule has 1 atom stereocenters. The van der Waals surface area contributed by atoms with Crippen molar-refractivity contribution in [2.24, 2.45) is 0 Å². The van der Waals surface area contributed by atoms with Crippen molar-refractivity contribution in [1.29, 1.82) is 0 Å². The summed E-state index contributed by atoms with van der Waals surface area (Å²) in [6.45, 7) is 6.94. The lowest BCUT2D eigenvalue weighted by Crippen LogP contribution is -2.49. The number of hydrogen-bond acceptors (Lipinski definition) is 2. The van der Waals surface area contributed by atoms with Crippen LogP contribution < -0.4 is 10.9 Å². The van der Waals surface area contributed by atoms with Crippen molar-refractivity contribution < 1.29 is 0 Å². The van der Waals surface area contributed by atoms with Crippen molar-refractivity contribution in [1.82, 2.24) is 15.2 Å². The number of thiocarbonyl (C=S) groups is 1. The van der Waals surface area contributed by atoms with Gasteiger partial charge in [0.15, 0.2) is 5.11 Å². The number of aromatic amines is 1. The SMILES string of the molecule is CCC(C)NC(=S)N(Cc1cc2cc(C)ccc2[nH]c1=O)C1CCCCC1. The number of nitrogens with one attached hydrogen (secondary N) is 2. The average Bonchev–Trinajstić information content (AvgIpc) is 2.67. The van der Waals surface area contributed by atoms with Crippen LogP contribution in [-0.4, -0.2) is 27.1 Å². The van der Waals surface area contributed by atoms with E-state index in [1.165, 1.54) is 24.8 Å². The molecule has 146 valence electrons. The fourth-order valence-corrected chi connectivity index (χ4v) is 4.24. The molecule has 1 fully saturated rings.